The Kier molecular flexibility index (Phi) is 19.1. The van der Waals surface area contributed by atoms with Gasteiger partial charge in [-0.2, -0.15) is 0 Å². The number of nitrogens with one attached hydrogen (secondary N) is 9. The lowest BCUT2D eigenvalue weighted by molar-refractivity contribution is -0.124. The number of terminal acetylenes is 1. The first-order chi connectivity index (χ1) is 20.0. The summed E-state index contributed by atoms with van der Waals surface area (Å²) < 4.78 is 16.0. The van der Waals surface area contributed by atoms with E-state index in [1.54, 1.807) is 7.11 Å². The number of methoxy groups -OCH3 is 1. The van der Waals surface area contributed by atoms with E-state index in [1.807, 2.05) is 0 Å². The highest BCUT2D eigenvalue weighted by molar-refractivity contribution is 7.80. The molecule has 3 rings (SSSR count). The van der Waals surface area contributed by atoms with Gasteiger partial charge in [-0.3, -0.25) is 4.79 Å². The van der Waals surface area contributed by atoms with Gasteiger partial charge in [-0.25, -0.2) is 0 Å². The number of carbonyl (C=O) groups is 1. The number of carbonyl (C=O) groups excluding carboxylic acids is 1. The Morgan fingerprint density at radius 2 is 1.20 bits per heavy atom. The Hall–Kier alpha value is -1.64. The van der Waals surface area contributed by atoms with Crippen LogP contribution >= 0.6 is 12.2 Å². The fourth-order valence-electron chi connectivity index (χ4n) is 4.66. The number of thiocarbonyl (C=S) groups is 1. The van der Waals surface area contributed by atoms with Crippen LogP contribution in [0, 0.1) is 12.3 Å². The lowest BCUT2D eigenvalue weighted by Gasteiger charge is -2.39. The zero-order chi connectivity index (χ0) is 29.5. The zero-order valence-corrected chi connectivity index (χ0v) is 25.6. The van der Waals surface area contributed by atoms with Crippen molar-refractivity contribution in [1.29, 1.82) is 0 Å². The summed E-state index contributed by atoms with van der Waals surface area (Å²) >= 11 is 5.60. The molecule has 3 saturated heterocycles. The lowest BCUT2D eigenvalue weighted by Crippen LogP contribution is -2.68. The van der Waals surface area contributed by atoms with Gasteiger partial charge in [0.15, 0.2) is 5.11 Å². The van der Waals surface area contributed by atoms with Gasteiger partial charge in [0.1, 0.15) is 0 Å². The van der Waals surface area contributed by atoms with Crippen molar-refractivity contribution in [1.82, 2.24) is 47.9 Å². The van der Waals surface area contributed by atoms with Gasteiger partial charge in [0, 0.05) is 105 Å². The van der Waals surface area contributed by atoms with Gasteiger partial charge in [0.05, 0.1) is 44.1 Å². The number of ether oxygens (including phenoxy) is 3. The predicted octanol–water partition coefficient (Wildman–Crippen LogP) is -3.30. The second-order valence-corrected chi connectivity index (χ2v) is 10.9. The van der Waals surface area contributed by atoms with Crippen LogP contribution in [0.25, 0.3) is 0 Å². The largest absolute Gasteiger partial charge is 0.382 e. The first-order valence-corrected chi connectivity index (χ1v) is 15.1. The van der Waals surface area contributed by atoms with Crippen molar-refractivity contribution in [3.8, 4) is 12.3 Å². The Bertz CT molecular complexity index is 728. The second-order valence-electron chi connectivity index (χ2n) is 10.5. The normalized spacial score (nSPS) is 24.9. The molecule has 3 aliphatic heterocycles. The summed E-state index contributed by atoms with van der Waals surface area (Å²) in [7, 11) is 1.64. The second kappa shape index (κ2) is 22.0. The average molecular weight is 600 g/mol. The maximum Gasteiger partial charge on any atom is 0.222 e. The van der Waals surface area contributed by atoms with E-state index in [9.17, 15) is 4.79 Å². The number of hydrogen-bond donors (Lipinski definition) is 9. The SMILES string of the molecule is C#CCCNC(=S)NC12CNCCNCC(NC(=O)CCOCCOCCOC)(CNCCNC1)CNCCNC2. The van der Waals surface area contributed by atoms with E-state index >= 15 is 0 Å². The van der Waals surface area contributed by atoms with E-state index in [1.165, 1.54) is 0 Å². The standard InChI is InChI=1S/C27H53N9O4S/c1-3-4-6-34-25(41)36-27-21-31-10-7-28-18-26(19-29-8-11-32-22-27,20-30-9-12-33-23-27)35-24(37)5-13-39-16-17-40-15-14-38-2/h1,28-33H,4-23H2,2H3,(H,35,37)(H2,34,36,41). The fraction of sp³-hybridized carbons (Fsp3) is 0.852. The zero-order valence-electron chi connectivity index (χ0n) is 24.8. The third kappa shape index (κ3) is 16.0. The van der Waals surface area contributed by atoms with E-state index in [2.05, 4.69) is 53.8 Å². The van der Waals surface area contributed by atoms with E-state index < -0.39 is 5.54 Å². The molecule has 2 bridgehead atoms. The molecule has 0 aromatic carbocycles. The van der Waals surface area contributed by atoms with Crippen LogP contribution in [0.1, 0.15) is 12.8 Å². The number of rotatable bonds is 13. The van der Waals surface area contributed by atoms with Gasteiger partial charge in [0.25, 0.3) is 0 Å². The lowest BCUT2D eigenvalue weighted by atomic mass is 9.97. The van der Waals surface area contributed by atoms with Crippen LogP contribution in [0.5, 0.6) is 0 Å². The molecule has 9 N–H and O–H groups in total. The highest BCUT2D eigenvalue weighted by Gasteiger charge is 2.33. The smallest absolute Gasteiger partial charge is 0.222 e. The van der Waals surface area contributed by atoms with E-state index in [0.29, 0.717) is 96.8 Å². The van der Waals surface area contributed by atoms with Gasteiger partial charge >= 0.3 is 0 Å². The molecule has 0 unspecified atom stereocenters. The Morgan fingerprint density at radius 1 is 0.756 bits per heavy atom. The number of amides is 1. The Morgan fingerprint density at radius 3 is 1.66 bits per heavy atom. The van der Waals surface area contributed by atoms with Crippen LogP contribution in [0.4, 0.5) is 0 Å². The topological polar surface area (TPSA) is 153 Å². The third-order valence-corrected chi connectivity index (χ3v) is 7.08. The maximum absolute atomic E-state index is 13.0. The Labute approximate surface area is 251 Å². The molecule has 0 atom stereocenters. The van der Waals surface area contributed by atoms with E-state index in [0.717, 1.165) is 39.3 Å². The predicted molar refractivity (Wildman–Crippen MR) is 166 cm³/mol. The minimum absolute atomic E-state index is 0.0324. The number of hydrogen-bond acceptors (Lipinski definition) is 11. The summed E-state index contributed by atoms with van der Waals surface area (Å²) in [5.41, 5.74) is -0.819. The highest BCUT2D eigenvalue weighted by Crippen LogP contribution is 2.06. The first-order valence-electron chi connectivity index (χ1n) is 14.7. The van der Waals surface area contributed by atoms with E-state index in [4.69, 9.17) is 32.9 Å². The van der Waals surface area contributed by atoms with Gasteiger partial charge in [-0.05, 0) is 12.2 Å². The fourth-order valence-corrected chi connectivity index (χ4v) is 4.98. The third-order valence-electron chi connectivity index (χ3n) is 6.83. The first kappa shape index (κ1) is 35.6. The van der Waals surface area contributed by atoms with Crippen LogP contribution in [0.3, 0.4) is 0 Å². The molecule has 14 heteroatoms. The monoisotopic (exact) mass is 599 g/mol. The van der Waals surface area contributed by atoms with Crippen molar-refractivity contribution in [3.63, 3.8) is 0 Å². The average Bonchev–Trinajstić information content (AvgIpc) is 2.95. The van der Waals surface area contributed by atoms with Crippen LogP contribution in [0.2, 0.25) is 0 Å². The van der Waals surface area contributed by atoms with Crippen LogP contribution in [-0.2, 0) is 19.0 Å². The maximum atomic E-state index is 13.0. The molecule has 13 nitrogen and oxygen atoms in total. The van der Waals surface area contributed by atoms with Crippen molar-refractivity contribution in [2.45, 2.75) is 23.9 Å². The van der Waals surface area contributed by atoms with Crippen molar-refractivity contribution < 1.29 is 19.0 Å². The van der Waals surface area contributed by atoms with Gasteiger partial charge in [-0.15, -0.1) is 12.3 Å². The highest BCUT2D eigenvalue weighted by atomic mass is 32.1. The molecule has 0 aromatic rings. The van der Waals surface area contributed by atoms with E-state index in [-0.39, 0.29) is 11.4 Å². The molecular formula is C27H53N9O4S. The van der Waals surface area contributed by atoms with Gasteiger partial charge in [-0.1, -0.05) is 0 Å². The molecule has 236 valence electrons. The molecule has 41 heavy (non-hydrogen) atoms. The van der Waals surface area contributed by atoms with Crippen molar-refractivity contribution in [3.05, 3.63) is 0 Å². The molecule has 3 heterocycles. The summed E-state index contributed by atoms with van der Waals surface area (Å²) in [6.45, 7) is 11.6. The van der Waals surface area contributed by atoms with Gasteiger partial charge in [0.2, 0.25) is 5.91 Å². The summed E-state index contributed by atoms with van der Waals surface area (Å²) in [4.78, 5) is 13.0. The van der Waals surface area contributed by atoms with Gasteiger partial charge < -0.3 is 62.1 Å². The summed E-state index contributed by atoms with van der Waals surface area (Å²) in [6, 6.07) is 0. The molecule has 3 fully saturated rings. The van der Waals surface area contributed by atoms with Crippen molar-refractivity contribution in [2.24, 2.45) is 0 Å². The minimum atomic E-state index is -0.490. The molecule has 0 aliphatic carbocycles. The van der Waals surface area contributed by atoms with Crippen LogP contribution < -0.4 is 47.9 Å². The molecule has 3 aliphatic rings. The Balaban J connectivity index is 1.96. The molecular weight excluding hydrogens is 546 g/mol. The molecule has 0 radical (unpaired) electrons. The van der Waals surface area contributed by atoms with Crippen LogP contribution in [0.15, 0.2) is 0 Å². The summed E-state index contributed by atoms with van der Waals surface area (Å²) in [5.74, 6) is 2.60. The van der Waals surface area contributed by atoms with Crippen molar-refractivity contribution in [2.75, 3.05) is 125 Å². The summed E-state index contributed by atoms with van der Waals surface area (Å²) in [6.07, 6.45) is 6.30. The molecule has 0 saturated carbocycles. The molecule has 0 spiro atoms. The molecule has 0 aromatic heterocycles. The number of fused-ring (bicyclic) bond motifs is 15. The summed E-state index contributed by atoms with van der Waals surface area (Å²) in [5, 5.41) is 32.1. The van der Waals surface area contributed by atoms with Crippen LogP contribution in [-0.4, -0.2) is 147 Å². The quantitative estimate of drug-likeness (QED) is 0.0591. The minimum Gasteiger partial charge on any atom is -0.382 e. The molecule has 1 amide bonds. The van der Waals surface area contributed by atoms with Crippen molar-refractivity contribution >= 4 is 23.2 Å².